The third-order valence-electron chi connectivity index (χ3n) is 1.91. The zero-order valence-electron chi connectivity index (χ0n) is 7.32. The highest BCUT2D eigenvalue weighted by molar-refractivity contribution is 7.10. The van der Waals surface area contributed by atoms with Crippen molar-refractivity contribution < 1.29 is 0 Å². The largest absolute Gasteiger partial charge is 0.384 e. The van der Waals surface area contributed by atoms with Gasteiger partial charge in [0, 0.05) is 10.4 Å². The van der Waals surface area contributed by atoms with E-state index in [1.54, 1.807) is 17.4 Å². The van der Waals surface area contributed by atoms with Crippen LogP contribution in [0.4, 0.5) is 5.82 Å². The Labute approximate surface area is 81.1 Å². The Hall–Kier alpha value is -1.35. The number of pyridine rings is 1. The maximum Gasteiger partial charge on any atom is 0.124 e. The molecule has 13 heavy (non-hydrogen) atoms. The van der Waals surface area contributed by atoms with Crippen LogP contribution in [0.5, 0.6) is 0 Å². The molecule has 3 heteroatoms. The van der Waals surface area contributed by atoms with Crippen molar-refractivity contribution in [2.75, 3.05) is 5.73 Å². The molecule has 66 valence electrons. The zero-order valence-corrected chi connectivity index (χ0v) is 8.14. The van der Waals surface area contributed by atoms with E-state index in [9.17, 15) is 0 Å². The number of thiophene rings is 1. The van der Waals surface area contributed by atoms with Crippen molar-refractivity contribution in [3.63, 3.8) is 0 Å². The lowest BCUT2D eigenvalue weighted by Crippen LogP contribution is -1.90. The van der Waals surface area contributed by atoms with Crippen LogP contribution >= 0.6 is 11.3 Å². The normalized spacial score (nSPS) is 10.2. The molecule has 0 atom stereocenters. The number of hydrogen-bond donors (Lipinski definition) is 1. The second kappa shape index (κ2) is 3.18. The van der Waals surface area contributed by atoms with Gasteiger partial charge in [-0.05, 0) is 30.5 Å². The van der Waals surface area contributed by atoms with Gasteiger partial charge in [-0.25, -0.2) is 4.98 Å². The Morgan fingerprint density at radius 2 is 2.15 bits per heavy atom. The first-order valence-corrected chi connectivity index (χ1v) is 4.92. The second-order valence-corrected chi connectivity index (χ2v) is 3.96. The van der Waals surface area contributed by atoms with Crippen molar-refractivity contribution in [3.8, 4) is 11.3 Å². The first kappa shape index (κ1) is 8.26. The van der Waals surface area contributed by atoms with Gasteiger partial charge in [0.1, 0.15) is 5.82 Å². The molecule has 0 bridgehead atoms. The van der Waals surface area contributed by atoms with Gasteiger partial charge in [0.15, 0.2) is 0 Å². The minimum absolute atomic E-state index is 0.572. The van der Waals surface area contributed by atoms with Crippen LogP contribution in [-0.4, -0.2) is 4.98 Å². The number of nitrogen functional groups attached to an aromatic ring is 1. The highest BCUT2D eigenvalue weighted by Crippen LogP contribution is 2.25. The van der Waals surface area contributed by atoms with Crippen LogP contribution in [-0.2, 0) is 0 Å². The Balaban J connectivity index is 2.53. The van der Waals surface area contributed by atoms with E-state index in [0.717, 1.165) is 5.69 Å². The maximum atomic E-state index is 5.61. The smallest absolute Gasteiger partial charge is 0.124 e. The number of anilines is 1. The summed E-state index contributed by atoms with van der Waals surface area (Å²) in [5.41, 5.74) is 7.74. The summed E-state index contributed by atoms with van der Waals surface area (Å²) in [6.45, 7) is 2.09. The van der Waals surface area contributed by atoms with E-state index in [0.29, 0.717) is 5.82 Å². The predicted octanol–water partition coefficient (Wildman–Crippen LogP) is 2.70. The Bertz CT molecular complexity index is 420. The molecule has 2 aromatic rings. The standard InChI is InChI=1S/C10H10N2S/c1-7-8(5-6-13-7)9-3-2-4-10(11)12-9/h2-6H,1H3,(H2,11,12). The van der Waals surface area contributed by atoms with E-state index in [2.05, 4.69) is 23.4 Å². The Kier molecular flexibility index (Phi) is 2.02. The number of rotatable bonds is 1. The van der Waals surface area contributed by atoms with Crippen LogP contribution in [0.3, 0.4) is 0 Å². The maximum absolute atomic E-state index is 5.61. The molecule has 2 heterocycles. The highest BCUT2D eigenvalue weighted by atomic mass is 32.1. The highest BCUT2D eigenvalue weighted by Gasteiger charge is 2.03. The molecule has 0 aromatic carbocycles. The summed E-state index contributed by atoms with van der Waals surface area (Å²) in [4.78, 5) is 5.54. The molecule has 0 fully saturated rings. The van der Waals surface area contributed by atoms with Gasteiger partial charge in [0.25, 0.3) is 0 Å². The Morgan fingerprint density at radius 3 is 2.77 bits per heavy atom. The predicted molar refractivity (Wildman–Crippen MR) is 56.7 cm³/mol. The minimum atomic E-state index is 0.572. The van der Waals surface area contributed by atoms with Gasteiger partial charge < -0.3 is 5.73 Å². The molecule has 0 aliphatic carbocycles. The average molecular weight is 190 g/mol. The first-order valence-electron chi connectivity index (χ1n) is 4.04. The monoisotopic (exact) mass is 190 g/mol. The molecule has 0 spiro atoms. The van der Waals surface area contributed by atoms with Crippen LogP contribution in [0.1, 0.15) is 4.88 Å². The lowest BCUT2D eigenvalue weighted by molar-refractivity contribution is 1.33. The number of nitrogens with two attached hydrogens (primary N) is 1. The zero-order chi connectivity index (χ0) is 9.26. The van der Waals surface area contributed by atoms with E-state index in [1.165, 1.54) is 10.4 Å². The van der Waals surface area contributed by atoms with Gasteiger partial charge in [-0.3, -0.25) is 0 Å². The number of aryl methyl sites for hydroxylation is 1. The molecular weight excluding hydrogens is 180 g/mol. The van der Waals surface area contributed by atoms with Gasteiger partial charge in [0.05, 0.1) is 5.69 Å². The van der Waals surface area contributed by atoms with E-state index < -0.39 is 0 Å². The van der Waals surface area contributed by atoms with Crippen molar-refractivity contribution in [2.45, 2.75) is 6.92 Å². The van der Waals surface area contributed by atoms with Crippen molar-refractivity contribution >= 4 is 17.2 Å². The van der Waals surface area contributed by atoms with E-state index in [1.807, 2.05) is 12.1 Å². The Morgan fingerprint density at radius 1 is 1.31 bits per heavy atom. The van der Waals surface area contributed by atoms with Gasteiger partial charge in [-0.15, -0.1) is 11.3 Å². The van der Waals surface area contributed by atoms with Gasteiger partial charge in [-0.2, -0.15) is 0 Å². The van der Waals surface area contributed by atoms with E-state index >= 15 is 0 Å². The third-order valence-corrected chi connectivity index (χ3v) is 2.75. The van der Waals surface area contributed by atoms with Gasteiger partial charge >= 0.3 is 0 Å². The molecular formula is C10H10N2S. The molecule has 0 saturated heterocycles. The SMILES string of the molecule is Cc1sccc1-c1cccc(N)n1. The molecule has 0 aliphatic rings. The lowest BCUT2D eigenvalue weighted by atomic mass is 10.2. The van der Waals surface area contributed by atoms with Crippen molar-refractivity contribution in [3.05, 3.63) is 34.5 Å². The molecule has 2 rings (SSSR count). The van der Waals surface area contributed by atoms with Crippen molar-refractivity contribution in [1.29, 1.82) is 0 Å². The number of aromatic nitrogens is 1. The fourth-order valence-electron chi connectivity index (χ4n) is 1.25. The fourth-order valence-corrected chi connectivity index (χ4v) is 1.96. The minimum Gasteiger partial charge on any atom is -0.384 e. The molecule has 2 aromatic heterocycles. The molecule has 2 nitrogen and oxygen atoms in total. The van der Waals surface area contributed by atoms with Crippen LogP contribution < -0.4 is 5.73 Å². The van der Waals surface area contributed by atoms with Gasteiger partial charge in [-0.1, -0.05) is 6.07 Å². The molecule has 0 radical (unpaired) electrons. The number of hydrogen-bond acceptors (Lipinski definition) is 3. The first-order chi connectivity index (χ1) is 6.27. The molecule has 0 aliphatic heterocycles. The van der Waals surface area contributed by atoms with Crippen molar-refractivity contribution in [1.82, 2.24) is 4.98 Å². The van der Waals surface area contributed by atoms with Crippen LogP contribution in [0.15, 0.2) is 29.6 Å². The third kappa shape index (κ3) is 1.55. The van der Waals surface area contributed by atoms with Crippen LogP contribution in [0, 0.1) is 6.92 Å². The topological polar surface area (TPSA) is 38.9 Å². The summed E-state index contributed by atoms with van der Waals surface area (Å²) in [6.07, 6.45) is 0. The van der Waals surface area contributed by atoms with Gasteiger partial charge in [0.2, 0.25) is 0 Å². The number of nitrogens with zero attached hydrogens (tertiary/aromatic N) is 1. The molecule has 0 saturated carbocycles. The summed E-state index contributed by atoms with van der Waals surface area (Å²) >= 11 is 1.72. The quantitative estimate of drug-likeness (QED) is 0.751. The molecule has 2 N–H and O–H groups in total. The van der Waals surface area contributed by atoms with Crippen LogP contribution in [0.2, 0.25) is 0 Å². The lowest BCUT2D eigenvalue weighted by Gasteiger charge is -1.99. The summed E-state index contributed by atoms with van der Waals surface area (Å²) in [5, 5.41) is 2.07. The summed E-state index contributed by atoms with van der Waals surface area (Å²) in [5.74, 6) is 0.572. The summed E-state index contributed by atoms with van der Waals surface area (Å²) in [7, 11) is 0. The average Bonchev–Trinajstić information content (AvgIpc) is 2.51. The molecule has 0 unspecified atom stereocenters. The summed E-state index contributed by atoms with van der Waals surface area (Å²) < 4.78 is 0. The second-order valence-electron chi connectivity index (χ2n) is 2.84. The fraction of sp³-hybridized carbons (Fsp3) is 0.100. The van der Waals surface area contributed by atoms with E-state index in [-0.39, 0.29) is 0 Å². The van der Waals surface area contributed by atoms with E-state index in [4.69, 9.17) is 5.73 Å². The van der Waals surface area contributed by atoms with Crippen LogP contribution in [0.25, 0.3) is 11.3 Å². The molecule has 0 amide bonds. The summed E-state index contributed by atoms with van der Waals surface area (Å²) in [6, 6.07) is 7.77. The van der Waals surface area contributed by atoms with Crippen molar-refractivity contribution in [2.24, 2.45) is 0 Å².